The highest BCUT2D eigenvalue weighted by Gasteiger charge is 2.04. The van der Waals surface area contributed by atoms with Gasteiger partial charge in [0.25, 0.3) is 11.3 Å². The Bertz CT molecular complexity index is 298. The van der Waals surface area contributed by atoms with E-state index >= 15 is 0 Å². The van der Waals surface area contributed by atoms with Crippen LogP contribution < -0.4 is 4.72 Å². The van der Waals surface area contributed by atoms with Gasteiger partial charge in [-0.25, -0.2) is 4.21 Å². The first-order valence-corrected chi connectivity index (χ1v) is 4.25. The second kappa shape index (κ2) is 3.65. The third-order valence-corrected chi connectivity index (χ3v) is 1.67. The molecular formula is C5H9N3O3S. The van der Waals surface area contributed by atoms with Gasteiger partial charge in [0.05, 0.1) is 12.3 Å². The molecule has 3 N–H and O–H groups in total. The summed E-state index contributed by atoms with van der Waals surface area (Å²) < 4.78 is 22.4. The van der Waals surface area contributed by atoms with Gasteiger partial charge in [0.1, 0.15) is 5.82 Å². The number of aromatic nitrogens is 2. The number of aryl methyl sites for hydroxylation is 1. The van der Waals surface area contributed by atoms with Crippen molar-refractivity contribution in [2.24, 2.45) is 7.05 Å². The standard InChI is InChI=1S/C5H9N3O3S/c1-8-5(7-12(10)11)2-4(3-9)6-8/h2,7,9H,3H2,1H3,(H,10,11). The SMILES string of the molecule is Cn1nc(CO)cc1NS(=O)O. The lowest BCUT2D eigenvalue weighted by Crippen LogP contribution is -2.06. The van der Waals surface area contributed by atoms with Crippen molar-refractivity contribution in [1.29, 1.82) is 0 Å². The van der Waals surface area contributed by atoms with Gasteiger partial charge in [0.15, 0.2) is 0 Å². The molecule has 1 atom stereocenters. The number of hydrogen-bond donors (Lipinski definition) is 3. The Balaban J connectivity index is 2.84. The molecule has 1 rings (SSSR count). The first-order valence-electron chi connectivity index (χ1n) is 3.14. The fourth-order valence-electron chi connectivity index (χ4n) is 0.789. The molecule has 1 unspecified atom stereocenters. The Labute approximate surface area is 71.6 Å². The van der Waals surface area contributed by atoms with Crippen LogP contribution in [0.15, 0.2) is 6.07 Å². The van der Waals surface area contributed by atoms with Crippen molar-refractivity contribution in [2.45, 2.75) is 6.61 Å². The topological polar surface area (TPSA) is 87.4 Å². The fourth-order valence-corrected chi connectivity index (χ4v) is 1.16. The number of nitrogens with one attached hydrogen (secondary N) is 1. The molecule has 1 heterocycles. The molecular weight excluding hydrogens is 182 g/mol. The van der Waals surface area contributed by atoms with Gasteiger partial charge in [0.2, 0.25) is 0 Å². The molecule has 0 amide bonds. The van der Waals surface area contributed by atoms with Crippen LogP contribution in [0, 0.1) is 0 Å². The lowest BCUT2D eigenvalue weighted by atomic mass is 10.4. The van der Waals surface area contributed by atoms with Crippen molar-refractivity contribution < 1.29 is 13.9 Å². The molecule has 0 aliphatic rings. The highest BCUT2D eigenvalue weighted by atomic mass is 32.2. The van der Waals surface area contributed by atoms with Crippen molar-refractivity contribution >= 4 is 17.1 Å². The molecule has 0 aromatic carbocycles. The smallest absolute Gasteiger partial charge is 0.260 e. The zero-order valence-corrected chi connectivity index (χ0v) is 7.21. The van der Waals surface area contributed by atoms with Crippen molar-refractivity contribution in [2.75, 3.05) is 4.72 Å². The van der Waals surface area contributed by atoms with E-state index in [1.165, 1.54) is 10.7 Å². The molecule has 0 radical (unpaired) electrons. The summed E-state index contributed by atoms with van der Waals surface area (Å²) >= 11 is -2.11. The van der Waals surface area contributed by atoms with Gasteiger partial charge in [-0.15, -0.1) is 0 Å². The first-order chi connectivity index (χ1) is 5.63. The Morgan fingerprint density at radius 2 is 2.50 bits per heavy atom. The van der Waals surface area contributed by atoms with Crippen LogP contribution >= 0.6 is 0 Å². The van der Waals surface area contributed by atoms with Crippen LogP contribution in [0.2, 0.25) is 0 Å². The molecule has 0 aliphatic carbocycles. The summed E-state index contributed by atoms with van der Waals surface area (Å²) in [7, 11) is 1.61. The van der Waals surface area contributed by atoms with Crippen LogP contribution in [0.5, 0.6) is 0 Å². The Kier molecular flexibility index (Phi) is 2.79. The minimum atomic E-state index is -2.11. The Morgan fingerprint density at radius 1 is 1.83 bits per heavy atom. The summed E-state index contributed by atoms with van der Waals surface area (Å²) in [6, 6.07) is 1.49. The molecule has 6 nitrogen and oxygen atoms in total. The van der Waals surface area contributed by atoms with Gasteiger partial charge in [-0.1, -0.05) is 0 Å². The molecule has 0 spiro atoms. The first kappa shape index (κ1) is 9.17. The van der Waals surface area contributed by atoms with Gasteiger partial charge in [-0.05, 0) is 0 Å². The lowest BCUT2D eigenvalue weighted by Gasteiger charge is -1.98. The summed E-state index contributed by atoms with van der Waals surface area (Å²) in [5.41, 5.74) is 0.449. The van der Waals surface area contributed by atoms with Gasteiger partial charge < -0.3 is 5.11 Å². The van der Waals surface area contributed by atoms with Crippen LogP contribution in [0.1, 0.15) is 5.69 Å². The van der Waals surface area contributed by atoms with E-state index in [1.54, 1.807) is 7.05 Å². The van der Waals surface area contributed by atoms with Crippen molar-refractivity contribution in [3.05, 3.63) is 11.8 Å². The maximum absolute atomic E-state index is 10.3. The number of aliphatic hydroxyl groups is 1. The highest BCUT2D eigenvalue weighted by molar-refractivity contribution is 7.80. The predicted octanol–water partition coefficient (Wildman–Crippen LogP) is -0.539. The number of aliphatic hydroxyl groups excluding tert-OH is 1. The molecule has 0 saturated carbocycles. The molecule has 7 heteroatoms. The summed E-state index contributed by atoms with van der Waals surface area (Å²) in [5.74, 6) is 0.389. The Hall–Kier alpha value is -0.920. The number of nitrogens with zero attached hydrogens (tertiary/aromatic N) is 2. The molecule has 0 saturated heterocycles. The van der Waals surface area contributed by atoms with Gasteiger partial charge in [-0.2, -0.15) is 5.10 Å². The second-order valence-corrected chi connectivity index (χ2v) is 2.86. The summed E-state index contributed by atoms with van der Waals surface area (Å²) in [6.07, 6.45) is 0. The van der Waals surface area contributed by atoms with Crippen LogP contribution in [-0.2, 0) is 24.9 Å². The van der Waals surface area contributed by atoms with Crippen molar-refractivity contribution in [3.8, 4) is 0 Å². The van der Waals surface area contributed by atoms with Gasteiger partial charge >= 0.3 is 0 Å². The second-order valence-electron chi connectivity index (χ2n) is 2.15. The van der Waals surface area contributed by atoms with E-state index in [0.29, 0.717) is 11.5 Å². The quantitative estimate of drug-likeness (QED) is 0.560. The normalized spacial score (nSPS) is 12.9. The summed E-state index contributed by atoms with van der Waals surface area (Å²) in [6.45, 7) is -0.187. The number of hydrogen-bond acceptors (Lipinski definition) is 3. The fraction of sp³-hybridized carbons (Fsp3) is 0.400. The van der Waals surface area contributed by atoms with Crippen molar-refractivity contribution in [1.82, 2.24) is 9.78 Å². The number of rotatable bonds is 3. The van der Waals surface area contributed by atoms with E-state index in [0.717, 1.165) is 0 Å². The lowest BCUT2D eigenvalue weighted by molar-refractivity contribution is 0.275. The van der Waals surface area contributed by atoms with Crippen LogP contribution in [-0.4, -0.2) is 23.6 Å². The van der Waals surface area contributed by atoms with Gasteiger partial charge in [-0.3, -0.25) is 14.0 Å². The van der Waals surface area contributed by atoms with E-state index in [-0.39, 0.29) is 6.61 Å². The third-order valence-electron chi connectivity index (χ3n) is 1.28. The van der Waals surface area contributed by atoms with Gasteiger partial charge in [0, 0.05) is 13.1 Å². The molecule has 0 aliphatic heterocycles. The zero-order chi connectivity index (χ0) is 9.14. The molecule has 0 fully saturated rings. The van der Waals surface area contributed by atoms with E-state index in [4.69, 9.17) is 9.66 Å². The van der Waals surface area contributed by atoms with Crippen LogP contribution in [0.25, 0.3) is 0 Å². The van der Waals surface area contributed by atoms with E-state index in [9.17, 15) is 4.21 Å². The molecule has 0 bridgehead atoms. The molecule has 1 aromatic heterocycles. The molecule has 68 valence electrons. The van der Waals surface area contributed by atoms with Crippen molar-refractivity contribution in [3.63, 3.8) is 0 Å². The highest BCUT2D eigenvalue weighted by Crippen LogP contribution is 2.08. The van der Waals surface area contributed by atoms with E-state index in [1.807, 2.05) is 0 Å². The average Bonchev–Trinajstić information content (AvgIpc) is 2.31. The molecule has 12 heavy (non-hydrogen) atoms. The van der Waals surface area contributed by atoms with E-state index < -0.39 is 11.3 Å². The van der Waals surface area contributed by atoms with Crippen LogP contribution in [0.4, 0.5) is 5.82 Å². The average molecular weight is 191 g/mol. The zero-order valence-electron chi connectivity index (χ0n) is 6.39. The molecule has 1 aromatic rings. The maximum Gasteiger partial charge on any atom is 0.260 e. The van der Waals surface area contributed by atoms with Crippen LogP contribution in [0.3, 0.4) is 0 Å². The number of anilines is 1. The summed E-state index contributed by atoms with van der Waals surface area (Å²) in [4.78, 5) is 0. The maximum atomic E-state index is 10.3. The predicted molar refractivity (Wildman–Crippen MR) is 43.5 cm³/mol. The van der Waals surface area contributed by atoms with E-state index in [2.05, 4.69) is 9.82 Å². The third kappa shape index (κ3) is 2.03. The summed E-state index contributed by atoms with van der Waals surface area (Å²) in [5, 5.41) is 12.5. The monoisotopic (exact) mass is 191 g/mol. The Morgan fingerprint density at radius 3 is 2.92 bits per heavy atom. The minimum absolute atomic E-state index is 0.187. The largest absolute Gasteiger partial charge is 0.390 e. The minimum Gasteiger partial charge on any atom is -0.390 e.